The summed E-state index contributed by atoms with van der Waals surface area (Å²) >= 11 is 6.34. The number of carbonyl (C=O) groups is 1. The Kier molecular flexibility index (Phi) is 6.25. The second-order valence-electron chi connectivity index (χ2n) is 6.20. The second-order valence-corrected chi connectivity index (χ2v) is 6.60. The molecule has 0 saturated carbocycles. The Morgan fingerprint density at radius 3 is 2.47 bits per heavy atom. The number of ketones is 1. The van der Waals surface area contributed by atoms with E-state index in [9.17, 15) is 14.9 Å². The zero-order valence-corrected chi connectivity index (χ0v) is 16.9. The van der Waals surface area contributed by atoms with Crippen LogP contribution in [0.4, 0.5) is 17.2 Å². The minimum absolute atomic E-state index is 0. The van der Waals surface area contributed by atoms with Crippen LogP contribution in [0.1, 0.15) is 15.9 Å². The molecule has 0 aliphatic heterocycles. The third-order valence-electron chi connectivity index (χ3n) is 4.34. The van der Waals surface area contributed by atoms with Crippen molar-refractivity contribution in [2.24, 2.45) is 0 Å². The minimum Gasteiger partial charge on any atom is -0.340 e. The van der Waals surface area contributed by atoms with Crippen LogP contribution in [-0.2, 0) is 0 Å². The van der Waals surface area contributed by atoms with Crippen LogP contribution in [0.2, 0.25) is 5.02 Å². The van der Waals surface area contributed by atoms with Gasteiger partial charge in [-0.05, 0) is 24.3 Å². The number of benzene rings is 3. The van der Waals surface area contributed by atoms with Crippen LogP contribution in [0.3, 0.4) is 0 Å². The molecule has 1 N–H and O–H groups in total. The van der Waals surface area contributed by atoms with Crippen molar-refractivity contribution in [2.75, 3.05) is 5.32 Å². The molecule has 0 amide bonds. The number of fused-ring (bicyclic) bond motifs is 1. The first-order valence-electron chi connectivity index (χ1n) is 8.58. The predicted octanol–water partition coefficient (Wildman–Crippen LogP) is 5.59. The van der Waals surface area contributed by atoms with Crippen molar-refractivity contribution >= 4 is 57.9 Å². The number of halogens is 2. The van der Waals surface area contributed by atoms with Crippen LogP contribution in [0.5, 0.6) is 0 Å². The maximum atomic E-state index is 12.6. The standard InChI is InChI=1S/C21H13ClN4O3.ClH/c22-18-10-14(6-8-16(18)20(27)13-4-2-1-3-5-13)25-21-17-11-15(26(28)29)7-9-19(17)23-12-24-21;/h1-12H,(H,23,24,25);1H. The zero-order chi connectivity index (χ0) is 20.4. The van der Waals surface area contributed by atoms with Crippen LogP contribution in [-0.4, -0.2) is 20.7 Å². The molecule has 30 heavy (non-hydrogen) atoms. The molecule has 0 saturated heterocycles. The lowest BCUT2D eigenvalue weighted by Crippen LogP contribution is -2.03. The number of nitrogens with zero attached hydrogens (tertiary/aromatic N) is 3. The average molecular weight is 441 g/mol. The van der Waals surface area contributed by atoms with E-state index in [2.05, 4.69) is 15.3 Å². The molecule has 1 heterocycles. The van der Waals surface area contributed by atoms with Gasteiger partial charge in [0.15, 0.2) is 5.78 Å². The van der Waals surface area contributed by atoms with E-state index in [1.54, 1.807) is 48.5 Å². The lowest BCUT2D eigenvalue weighted by Gasteiger charge is -2.10. The maximum Gasteiger partial charge on any atom is 0.270 e. The van der Waals surface area contributed by atoms with Gasteiger partial charge in [-0.25, -0.2) is 9.97 Å². The third kappa shape index (κ3) is 4.22. The van der Waals surface area contributed by atoms with Crippen molar-refractivity contribution in [1.82, 2.24) is 9.97 Å². The van der Waals surface area contributed by atoms with E-state index >= 15 is 0 Å². The van der Waals surface area contributed by atoms with E-state index < -0.39 is 4.92 Å². The molecule has 0 unspecified atom stereocenters. The Morgan fingerprint density at radius 1 is 1.00 bits per heavy atom. The van der Waals surface area contributed by atoms with Gasteiger partial charge >= 0.3 is 0 Å². The fourth-order valence-electron chi connectivity index (χ4n) is 2.92. The summed E-state index contributed by atoms with van der Waals surface area (Å²) in [7, 11) is 0. The van der Waals surface area contributed by atoms with Gasteiger partial charge in [-0.3, -0.25) is 14.9 Å². The van der Waals surface area contributed by atoms with Gasteiger partial charge in [0, 0.05) is 34.3 Å². The Morgan fingerprint density at radius 2 is 1.77 bits per heavy atom. The van der Waals surface area contributed by atoms with Crippen LogP contribution in [0, 0.1) is 10.1 Å². The molecule has 4 aromatic rings. The molecule has 3 aromatic carbocycles. The van der Waals surface area contributed by atoms with Gasteiger partial charge in [-0.1, -0.05) is 41.9 Å². The van der Waals surface area contributed by atoms with Crippen LogP contribution in [0.25, 0.3) is 10.9 Å². The van der Waals surface area contributed by atoms with E-state index in [0.29, 0.717) is 33.5 Å². The van der Waals surface area contributed by atoms with Crippen LogP contribution in [0.15, 0.2) is 73.1 Å². The van der Waals surface area contributed by atoms with E-state index in [4.69, 9.17) is 11.6 Å². The molecule has 0 atom stereocenters. The highest BCUT2D eigenvalue weighted by molar-refractivity contribution is 6.35. The summed E-state index contributed by atoms with van der Waals surface area (Å²) in [5.41, 5.74) is 2.02. The molecule has 0 aliphatic rings. The van der Waals surface area contributed by atoms with Gasteiger partial charge in [0.25, 0.3) is 5.69 Å². The SMILES string of the molecule is Cl.O=C(c1ccccc1)c1ccc(Nc2ncnc3ccc([N+](=O)[O-])cc23)cc1Cl. The van der Waals surface area contributed by atoms with Crippen molar-refractivity contribution < 1.29 is 9.72 Å². The second kappa shape index (κ2) is 8.86. The average Bonchev–Trinajstić information content (AvgIpc) is 2.74. The summed E-state index contributed by atoms with van der Waals surface area (Å²) in [6.45, 7) is 0. The molecule has 9 heteroatoms. The molecular formula is C21H14Cl2N4O3. The van der Waals surface area contributed by atoms with Crippen molar-refractivity contribution in [3.8, 4) is 0 Å². The fraction of sp³-hybridized carbons (Fsp3) is 0. The molecular weight excluding hydrogens is 427 g/mol. The van der Waals surface area contributed by atoms with Crippen molar-refractivity contribution in [1.29, 1.82) is 0 Å². The number of nitro benzene ring substituents is 1. The molecule has 0 bridgehead atoms. The fourth-order valence-corrected chi connectivity index (χ4v) is 3.18. The molecule has 7 nitrogen and oxygen atoms in total. The number of anilines is 2. The number of nitrogens with one attached hydrogen (secondary N) is 1. The Balaban J connectivity index is 0.00000256. The lowest BCUT2D eigenvalue weighted by atomic mass is 10.0. The van der Waals surface area contributed by atoms with E-state index in [1.807, 2.05) is 6.07 Å². The number of carbonyl (C=O) groups excluding carboxylic acids is 1. The third-order valence-corrected chi connectivity index (χ3v) is 4.65. The number of hydrogen-bond acceptors (Lipinski definition) is 6. The zero-order valence-electron chi connectivity index (χ0n) is 15.3. The molecule has 1 aromatic heterocycles. The molecule has 0 radical (unpaired) electrons. The summed E-state index contributed by atoms with van der Waals surface area (Å²) < 4.78 is 0. The van der Waals surface area contributed by atoms with E-state index in [0.717, 1.165) is 0 Å². The number of aromatic nitrogens is 2. The molecule has 0 aliphatic carbocycles. The van der Waals surface area contributed by atoms with Gasteiger partial charge in [0.2, 0.25) is 0 Å². The Bertz CT molecular complexity index is 1250. The van der Waals surface area contributed by atoms with Crippen molar-refractivity contribution in [3.05, 3.63) is 99.3 Å². The minimum atomic E-state index is -0.475. The number of nitro groups is 1. The summed E-state index contributed by atoms with van der Waals surface area (Å²) in [6, 6.07) is 18.2. The topological polar surface area (TPSA) is 98.0 Å². The van der Waals surface area contributed by atoms with Gasteiger partial charge < -0.3 is 5.32 Å². The molecule has 4 rings (SSSR count). The highest BCUT2D eigenvalue weighted by Gasteiger charge is 2.14. The van der Waals surface area contributed by atoms with Crippen LogP contribution < -0.4 is 5.32 Å². The molecule has 0 spiro atoms. The number of rotatable bonds is 5. The smallest absolute Gasteiger partial charge is 0.270 e. The highest BCUT2D eigenvalue weighted by Crippen LogP contribution is 2.29. The Hall–Kier alpha value is -3.55. The van der Waals surface area contributed by atoms with Gasteiger partial charge in [-0.15, -0.1) is 12.4 Å². The predicted molar refractivity (Wildman–Crippen MR) is 118 cm³/mol. The van der Waals surface area contributed by atoms with Gasteiger partial charge in [-0.2, -0.15) is 0 Å². The van der Waals surface area contributed by atoms with Gasteiger partial charge in [0.1, 0.15) is 12.1 Å². The van der Waals surface area contributed by atoms with Crippen molar-refractivity contribution in [3.63, 3.8) is 0 Å². The Labute approximate surface area is 182 Å². The summed E-state index contributed by atoms with van der Waals surface area (Å²) in [4.78, 5) is 31.5. The van der Waals surface area contributed by atoms with Gasteiger partial charge in [0.05, 0.1) is 15.5 Å². The van der Waals surface area contributed by atoms with Crippen molar-refractivity contribution in [2.45, 2.75) is 0 Å². The highest BCUT2D eigenvalue weighted by atomic mass is 35.5. The summed E-state index contributed by atoms with van der Waals surface area (Å²) in [6.07, 6.45) is 1.37. The summed E-state index contributed by atoms with van der Waals surface area (Å²) in [5, 5.41) is 14.9. The monoisotopic (exact) mass is 440 g/mol. The quantitative estimate of drug-likeness (QED) is 0.246. The summed E-state index contributed by atoms with van der Waals surface area (Å²) in [5.74, 6) is 0.224. The normalized spacial score (nSPS) is 10.3. The van der Waals surface area contributed by atoms with E-state index in [1.165, 1.54) is 18.5 Å². The largest absolute Gasteiger partial charge is 0.340 e. The first-order valence-corrected chi connectivity index (χ1v) is 8.96. The number of non-ortho nitro benzene ring substituents is 1. The first kappa shape index (κ1) is 21.2. The van der Waals surface area contributed by atoms with Crippen LogP contribution >= 0.6 is 24.0 Å². The first-order chi connectivity index (χ1) is 14.0. The number of hydrogen-bond donors (Lipinski definition) is 1. The lowest BCUT2D eigenvalue weighted by molar-refractivity contribution is -0.384. The van der Waals surface area contributed by atoms with E-state index in [-0.39, 0.29) is 28.9 Å². The molecule has 0 fully saturated rings. The molecule has 150 valence electrons. The maximum absolute atomic E-state index is 12.6.